The second kappa shape index (κ2) is 14.1. The second-order valence-corrected chi connectivity index (χ2v) is 10.6. The van der Waals surface area contributed by atoms with Crippen molar-refractivity contribution >= 4 is 46.1 Å². The van der Waals surface area contributed by atoms with Crippen molar-refractivity contribution in [2.75, 3.05) is 46.3 Å². The number of nitrogens with one attached hydrogen (secondary N) is 2. The first-order chi connectivity index (χ1) is 19.4. The number of fused-ring (bicyclic) bond motifs is 1. The molecule has 3 aromatic rings. The lowest BCUT2D eigenvalue weighted by molar-refractivity contribution is -0.141. The number of benzene rings is 2. The summed E-state index contributed by atoms with van der Waals surface area (Å²) in [5.74, 6) is 0.337. The van der Waals surface area contributed by atoms with Crippen molar-refractivity contribution in [1.82, 2.24) is 20.2 Å². The van der Waals surface area contributed by atoms with Crippen LogP contribution in [0.4, 0.5) is 20.7 Å². The smallest absolute Gasteiger partial charge is 0.407 e. The van der Waals surface area contributed by atoms with Crippen LogP contribution in [-0.2, 0) is 20.8 Å². The number of rotatable bonds is 12. The molecule has 1 aromatic heterocycles. The minimum Gasteiger partial charge on any atom is -0.493 e. The van der Waals surface area contributed by atoms with Gasteiger partial charge in [-0.25, -0.2) is 19.2 Å². The van der Waals surface area contributed by atoms with Crippen LogP contribution in [0, 0.1) is 5.82 Å². The summed E-state index contributed by atoms with van der Waals surface area (Å²) in [5, 5.41) is 6.46. The van der Waals surface area contributed by atoms with Gasteiger partial charge in [0.2, 0.25) is 0 Å². The van der Waals surface area contributed by atoms with Crippen LogP contribution in [0.15, 0.2) is 30.6 Å². The number of alkyl carbamates (subject to hydrolysis) is 1. The summed E-state index contributed by atoms with van der Waals surface area (Å²) in [5.41, 5.74) is 1.05. The molecule has 0 fully saturated rings. The van der Waals surface area contributed by atoms with E-state index in [1.165, 1.54) is 32.7 Å². The SMILES string of the molecule is COC(=O)CN(C)Cc1cc(F)c(Cl)cc1Nc1ncnc2cc(OC)c(OCCCNC(=O)OC(C)(C)C)cc12. The Balaban J connectivity index is 1.81. The number of amides is 1. The Labute approximate surface area is 243 Å². The van der Waals surface area contributed by atoms with Crippen molar-refractivity contribution in [3.05, 3.63) is 47.0 Å². The van der Waals surface area contributed by atoms with Gasteiger partial charge in [-0.1, -0.05) is 11.6 Å². The molecule has 0 aliphatic rings. The fraction of sp³-hybridized carbons (Fsp3) is 0.429. The molecule has 2 aromatic carbocycles. The first kappa shape index (κ1) is 31.6. The van der Waals surface area contributed by atoms with E-state index in [-0.39, 0.29) is 18.1 Å². The predicted octanol–water partition coefficient (Wildman–Crippen LogP) is 5.07. The van der Waals surface area contributed by atoms with Crippen LogP contribution in [0.25, 0.3) is 10.9 Å². The van der Waals surface area contributed by atoms with Crippen LogP contribution in [0.5, 0.6) is 11.5 Å². The fourth-order valence-corrected chi connectivity index (χ4v) is 3.95. The Morgan fingerprint density at radius 1 is 1.10 bits per heavy atom. The third-order valence-corrected chi connectivity index (χ3v) is 5.92. The average Bonchev–Trinajstić information content (AvgIpc) is 2.89. The van der Waals surface area contributed by atoms with Gasteiger partial charge in [0.05, 0.1) is 37.9 Å². The van der Waals surface area contributed by atoms with Gasteiger partial charge in [-0.2, -0.15) is 0 Å². The van der Waals surface area contributed by atoms with Crippen molar-refractivity contribution in [3.63, 3.8) is 0 Å². The number of hydrogen-bond donors (Lipinski definition) is 2. The predicted molar refractivity (Wildman–Crippen MR) is 153 cm³/mol. The number of ether oxygens (including phenoxy) is 4. The number of carbonyl (C=O) groups is 2. The highest BCUT2D eigenvalue weighted by molar-refractivity contribution is 6.31. The third-order valence-electron chi connectivity index (χ3n) is 5.63. The summed E-state index contributed by atoms with van der Waals surface area (Å²) in [4.78, 5) is 34.0. The van der Waals surface area contributed by atoms with E-state index in [0.717, 1.165) is 0 Å². The Morgan fingerprint density at radius 3 is 2.54 bits per heavy atom. The molecule has 0 saturated heterocycles. The molecule has 2 N–H and O–H groups in total. The number of carbonyl (C=O) groups excluding carboxylic acids is 2. The van der Waals surface area contributed by atoms with E-state index in [9.17, 15) is 14.0 Å². The van der Waals surface area contributed by atoms with Gasteiger partial charge < -0.3 is 29.6 Å². The number of nitrogens with zero attached hydrogens (tertiary/aromatic N) is 3. The molecule has 0 aliphatic carbocycles. The number of esters is 1. The van der Waals surface area contributed by atoms with Gasteiger partial charge in [-0.05, 0) is 58.0 Å². The minimum atomic E-state index is -0.590. The largest absolute Gasteiger partial charge is 0.493 e. The summed E-state index contributed by atoms with van der Waals surface area (Å²) in [7, 11) is 4.54. The van der Waals surface area contributed by atoms with Crippen LogP contribution in [0.2, 0.25) is 5.02 Å². The van der Waals surface area contributed by atoms with Crippen molar-refractivity contribution in [2.45, 2.75) is 39.3 Å². The molecular weight excluding hydrogens is 557 g/mol. The third kappa shape index (κ3) is 9.32. The molecule has 3 rings (SSSR count). The standard InChI is InChI=1S/C28H35ClFN5O6/c1-28(2,3)41-27(37)31-8-7-9-40-24-11-18-22(13-23(24)38-5)32-16-33-26(18)34-21-12-19(29)20(30)10-17(21)14-35(4)15-25(36)39-6/h10-13,16H,7-9,14-15H2,1-6H3,(H,31,37)(H,32,33,34). The lowest BCUT2D eigenvalue weighted by Crippen LogP contribution is -2.33. The molecule has 1 amide bonds. The van der Waals surface area contributed by atoms with Crippen molar-refractivity contribution in [1.29, 1.82) is 0 Å². The number of anilines is 2. The van der Waals surface area contributed by atoms with Gasteiger partial charge in [0.15, 0.2) is 11.5 Å². The lowest BCUT2D eigenvalue weighted by atomic mass is 10.1. The molecule has 11 nitrogen and oxygen atoms in total. The molecule has 0 radical (unpaired) electrons. The van der Waals surface area contributed by atoms with E-state index in [1.807, 2.05) is 0 Å². The average molecular weight is 592 g/mol. The molecular formula is C28H35ClFN5O6. The minimum absolute atomic E-state index is 0.0183. The van der Waals surface area contributed by atoms with Gasteiger partial charge in [-0.15, -0.1) is 0 Å². The van der Waals surface area contributed by atoms with E-state index in [4.69, 9.17) is 30.5 Å². The van der Waals surface area contributed by atoms with Gasteiger partial charge in [-0.3, -0.25) is 9.69 Å². The first-order valence-electron chi connectivity index (χ1n) is 12.8. The number of halogens is 2. The molecule has 0 atom stereocenters. The van der Waals surface area contributed by atoms with E-state index >= 15 is 0 Å². The Kier molecular flexibility index (Phi) is 10.9. The fourth-order valence-electron chi connectivity index (χ4n) is 3.79. The quantitative estimate of drug-likeness (QED) is 0.218. The highest BCUT2D eigenvalue weighted by atomic mass is 35.5. The van der Waals surface area contributed by atoms with E-state index in [0.29, 0.717) is 59.0 Å². The maximum atomic E-state index is 14.4. The lowest BCUT2D eigenvalue weighted by Gasteiger charge is -2.20. The zero-order valence-corrected chi connectivity index (χ0v) is 24.7. The Morgan fingerprint density at radius 2 is 1.85 bits per heavy atom. The number of aromatic nitrogens is 2. The molecule has 0 spiro atoms. The number of likely N-dealkylation sites (N-methyl/N-ethyl adjacent to an activating group) is 1. The summed E-state index contributed by atoms with van der Waals surface area (Å²) < 4.78 is 35.8. The molecule has 0 saturated carbocycles. The first-order valence-corrected chi connectivity index (χ1v) is 13.2. The Bertz CT molecular complexity index is 1380. The van der Waals surface area contributed by atoms with Crippen LogP contribution < -0.4 is 20.1 Å². The molecule has 13 heteroatoms. The number of methoxy groups -OCH3 is 2. The molecule has 222 valence electrons. The van der Waals surface area contributed by atoms with Crippen molar-refractivity contribution < 1.29 is 32.9 Å². The summed E-state index contributed by atoms with van der Waals surface area (Å²) in [6, 6.07) is 6.24. The van der Waals surface area contributed by atoms with Gasteiger partial charge in [0.1, 0.15) is 23.6 Å². The zero-order valence-electron chi connectivity index (χ0n) is 24.0. The van der Waals surface area contributed by atoms with Crippen LogP contribution in [0.3, 0.4) is 0 Å². The monoisotopic (exact) mass is 591 g/mol. The summed E-state index contributed by atoms with van der Waals surface area (Å²) >= 11 is 6.11. The van der Waals surface area contributed by atoms with Gasteiger partial charge in [0.25, 0.3) is 0 Å². The van der Waals surface area contributed by atoms with Crippen molar-refractivity contribution in [3.8, 4) is 11.5 Å². The molecule has 0 unspecified atom stereocenters. The van der Waals surface area contributed by atoms with Gasteiger partial charge in [0, 0.05) is 30.2 Å². The van der Waals surface area contributed by atoms with Gasteiger partial charge >= 0.3 is 12.1 Å². The summed E-state index contributed by atoms with van der Waals surface area (Å²) in [6.07, 6.45) is 1.42. The topological polar surface area (TPSA) is 124 Å². The molecule has 41 heavy (non-hydrogen) atoms. The summed E-state index contributed by atoms with van der Waals surface area (Å²) in [6.45, 7) is 6.28. The van der Waals surface area contributed by atoms with Crippen LogP contribution in [-0.4, -0.2) is 73.5 Å². The van der Waals surface area contributed by atoms with Crippen LogP contribution in [0.1, 0.15) is 32.8 Å². The highest BCUT2D eigenvalue weighted by Crippen LogP contribution is 2.36. The highest BCUT2D eigenvalue weighted by Gasteiger charge is 2.18. The zero-order chi connectivity index (χ0) is 30.2. The molecule has 0 bridgehead atoms. The Hall–Kier alpha value is -3.90. The van der Waals surface area contributed by atoms with E-state index in [1.54, 1.807) is 44.9 Å². The normalized spacial score (nSPS) is 11.3. The number of hydrogen-bond acceptors (Lipinski definition) is 10. The molecule has 0 aliphatic heterocycles. The maximum Gasteiger partial charge on any atom is 0.407 e. The van der Waals surface area contributed by atoms with E-state index in [2.05, 4.69) is 20.6 Å². The van der Waals surface area contributed by atoms with Crippen molar-refractivity contribution in [2.24, 2.45) is 0 Å². The van der Waals surface area contributed by atoms with E-state index < -0.39 is 23.5 Å². The molecule has 1 heterocycles. The maximum absolute atomic E-state index is 14.4. The van der Waals surface area contributed by atoms with Crippen LogP contribution >= 0.6 is 11.6 Å². The second-order valence-electron chi connectivity index (χ2n) is 10.2.